The Morgan fingerprint density at radius 3 is 3.05 bits per heavy atom. The first kappa shape index (κ1) is 14.5. The Labute approximate surface area is 127 Å². The molecule has 1 fully saturated rings. The second-order valence-electron chi connectivity index (χ2n) is 5.18. The zero-order chi connectivity index (χ0) is 15.4. The van der Waals surface area contributed by atoms with Crippen LogP contribution in [0, 0.1) is 0 Å². The van der Waals surface area contributed by atoms with Gasteiger partial charge in [-0.1, -0.05) is 0 Å². The van der Waals surface area contributed by atoms with E-state index in [1.54, 1.807) is 29.3 Å². The zero-order valence-electron chi connectivity index (χ0n) is 12.3. The molecule has 0 bridgehead atoms. The minimum absolute atomic E-state index is 0.0233. The Bertz CT molecular complexity index is 607. The van der Waals surface area contributed by atoms with E-state index >= 15 is 0 Å². The van der Waals surface area contributed by atoms with E-state index in [1.165, 1.54) is 6.33 Å². The maximum absolute atomic E-state index is 12.0. The molecule has 1 aliphatic rings. The summed E-state index contributed by atoms with van der Waals surface area (Å²) in [5, 5.41) is 9.63. The van der Waals surface area contributed by atoms with Crippen LogP contribution >= 0.6 is 0 Å². The predicted octanol–water partition coefficient (Wildman–Crippen LogP) is 1.35. The van der Waals surface area contributed by atoms with Crippen LogP contribution in [0.3, 0.4) is 0 Å². The van der Waals surface area contributed by atoms with Gasteiger partial charge in [0.2, 0.25) is 0 Å². The molecule has 3 rings (SSSR count). The quantitative estimate of drug-likeness (QED) is 0.889. The molecule has 2 aromatic heterocycles. The Kier molecular flexibility index (Phi) is 4.29. The van der Waals surface area contributed by atoms with E-state index in [4.69, 9.17) is 4.74 Å². The predicted molar refractivity (Wildman–Crippen MR) is 79.7 cm³/mol. The molecule has 116 valence electrons. The van der Waals surface area contributed by atoms with Gasteiger partial charge in [-0.25, -0.2) is 19.4 Å². The number of anilines is 1. The maximum atomic E-state index is 12.0. The van der Waals surface area contributed by atoms with Crippen molar-refractivity contribution < 1.29 is 9.53 Å². The van der Waals surface area contributed by atoms with Crippen LogP contribution < -0.4 is 10.6 Å². The number of pyridine rings is 1. The van der Waals surface area contributed by atoms with Crippen molar-refractivity contribution in [3.63, 3.8) is 0 Å². The van der Waals surface area contributed by atoms with E-state index in [1.807, 2.05) is 6.92 Å². The molecule has 0 spiro atoms. The van der Waals surface area contributed by atoms with Crippen LogP contribution in [-0.4, -0.2) is 44.5 Å². The van der Waals surface area contributed by atoms with Crippen LogP contribution in [0.25, 0.3) is 5.82 Å². The van der Waals surface area contributed by atoms with Crippen molar-refractivity contribution >= 4 is 11.7 Å². The highest BCUT2D eigenvalue weighted by Crippen LogP contribution is 2.15. The van der Waals surface area contributed by atoms with Crippen LogP contribution in [0.1, 0.15) is 19.8 Å². The maximum Gasteiger partial charge on any atom is 0.319 e. The summed E-state index contributed by atoms with van der Waals surface area (Å²) in [6.45, 7) is 2.72. The van der Waals surface area contributed by atoms with Crippen molar-refractivity contribution in [2.24, 2.45) is 0 Å². The lowest BCUT2D eigenvalue weighted by molar-refractivity contribution is 0.0868. The van der Waals surface area contributed by atoms with Gasteiger partial charge in [0.1, 0.15) is 12.7 Å². The first-order chi connectivity index (χ1) is 10.7. The molecule has 2 unspecified atom stereocenters. The Balaban J connectivity index is 1.55. The molecule has 8 nitrogen and oxygen atoms in total. The zero-order valence-corrected chi connectivity index (χ0v) is 12.3. The molecule has 8 heteroatoms. The van der Waals surface area contributed by atoms with Crippen molar-refractivity contribution in [1.82, 2.24) is 25.1 Å². The van der Waals surface area contributed by atoms with E-state index < -0.39 is 0 Å². The third-order valence-corrected chi connectivity index (χ3v) is 3.54. The number of carbonyl (C=O) groups excluding carboxylic acids is 1. The Hall–Kier alpha value is -2.48. The van der Waals surface area contributed by atoms with Gasteiger partial charge in [-0.2, -0.15) is 5.10 Å². The monoisotopic (exact) mass is 302 g/mol. The summed E-state index contributed by atoms with van der Waals surface area (Å²) in [7, 11) is 0. The normalized spacial score (nSPS) is 18.9. The first-order valence-corrected chi connectivity index (χ1v) is 7.22. The molecule has 0 aromatic carbocycles. The van der Waals surface area contributed by atoms with E-state index in [-0.39, 0.29) is 18.2 Å². The second-order valence-corrected chi connectivity index (χ2v) is 5.18. The molecule has 1 aliphatic heterocycles. The van der Waals surface area contributed by atoms with Crippen LogP contribution in [0.2, 0.25) is 0 Å². The number of carbonyl (C=O) groups is 1. The average Bonchev–Trinajstić information content (AvgIpc) is 3.21. The molecule has 0 radical (unpaired) electrons. The number of urea groups is 1. The van der Waals surface area contributed by atoms with Gasteiger partial charge in [0.15, 0.2) is 5.82 Å². The number of ether oxygens (including phenoxy) is 1. The number of aromatic nitrogens is 4. The lowest BCUT2D eigenvalue weighted by Crippen LogP contribution is -2.43. The molecular formula is C14H18N6O2. The summed E-state index contributed by atoms with van der Waals surface area (Å²) in [4.78, 5) is 20.0. The molecule has 3 heterocycles. The largest absolute Gasteiger partial charge is 0.376 e. The summed E-state index contributed by atoms with van der Waals surface area (Å²) in [5.74, 6) is 0.635. The fraction of sp³-hybridized carbons (Fsp3) is 0.429. The number of hydrogen-bond donors (Lipinski definition) is 2. The average molecular weight is 302 g/mol. The van der Waals surface area contributed by atoms with E-state index in [9.17, 15) is 4.79 Å². The topological polar surface area (TPSA) is 94.0 Å². The van der Waals surface area contributed by atoms with Gasteiger partial charge in [-0.05, 0) is 31.9 Å². The third kappa shape index (κ3) is 3.40. The van der Waals surface area contributed by atoms with Gasteiger partial charge in [0.25, 0.3) is 0 Å². The summed E-state index contributed by atoms with van der Waals surface area (Å²) >= 11 is 0. The lowest BCUT2D eigenvalue weighted by atomic mass is 10.1. The molecule has 1 saturated heterocycles. The van der Waals surface area contributed by atoms with Gasteiger partial charge in [-0.3, -0.25) is 0 Å². The van der Waals surface area contributed by atoms with Crippen molar-refractivity contribution in [2.75, 3.05) is 11.9 Å². The summed E-state index contributed by atoms with van der Waals surface area (Å²) in [6, 6.07) is 3.23. The van der Waals surface area contributed by atoms with Gasteiger partial charge in [0, 0.05) is 6.61 Å². The van der Waals surface area contributed by atoms with Gasteiger partial charge < -0.3 is 15.4 Å². The molecule has 2 atom stereocenters. The highest BCUT2D eigenvalue weighted by Gasteiger charge is 2.23. The molecule has 22 heavy (non-hydrogen) atoms. The van der Waals surface area contributed by atoms with Crippen LogP contribution in [-0.2, 0) is 4.74 Å². The Morgan fingerprint density at radius 2 is 2.41 bits per heavy atom. The van der Waals surface area contributed by atoms with Crippen molar-refractivity contribution in [3.05, 3.63) is 31.0 Å². The Morgan fingerprint density at radius 1 is 1.50 bits per heavy atom. The number of rotatable bonds is 4. The standard InChI is InChI=1S/C14H18N6O2/c1-10(12-3-2-6-22-12)18-14(21)19-11-4-5-13(16-7-11)20-9-15-8-17-20/h4-5,7-10,12H,2-3,6H2,1H3,(H2,18,19,21). The highest BCUT2D eigenvalue weighted by atomic mass is 16.5. The van der Waals surface area contributed by atoms with Crippen LogP contribution in [0.4, 0.5) is 10.5 Å². The van der Waals surface area contributed by atoms with Crippen molar-refractivity contribution in [2.45, 2.75) is 31.9 Å². The van der Waals surface area contributed by atoms with E-state index in [0.29, 0.717) is 11.5 Å². The van der Waals surface area contributed by atoms with Crippen molar-refractivity contribution in [3.8, 4) is 5.82 Å². The van der Waals surface area contributed by atoms with Crippen LogP contribution in [0.5, 0.6) is 0 Å². The van der Waals surface area contributed by atoms with Gasteiger partial charge in [-0.15, -0.1) is 0 Å². The summed E-state index contributed by atoms with van der Waals surface area (Å²) < 4.78 is 7.10. The minimum Gasteiger partial charge on any atom is -0.376 e. The fourth-order valence-corrected chi connectivity index (χ4v) is 2.39. The molecular weight excluding hydrogens is 284 g/mol. The molecule has 0 saturated carbocycles. The fourth-order valence-electron chi connectivity index (χ4n) is 2.39. The number of nitrogens with one attached hydrogen (secondary N) is 2. The number of amides is 2. The SMILES string of the molecule is CC(NC(=O)Nc1ccc(-n2cncn2)nc1)C1CCCO1. The molecule has 0 aliphatic carbocycles. The molecule has 2 amide bonds. The minimum atomic E-state index is -0.265. The first-order valence-electron chi connectivity index (χ1n) is 7.22. The van der Waals surface area contributed by atoms with E-state index in [2.05, 4.69) is 25.7 Å². The van der Waals surface area contributed by atoms with Crippen molar-refractivity contribution in [1.29, 1.82) is 0 Å². The number of nitrogens with zero attached hydrogens (tertiary/aromatic N) is 4. The molecule has 2 aromatic rings. The third-order valence-electron chi connectivity index (χ3n) is 3.54. The number of hydrogen-bond acceptors (Lipinski definition) is 5. The summed E-state index contributed by atoms with van der Waals surface area (Å²) in [5.41, 5.74) is 0.612. The summed E-state index contributed by atoms with van der Waals surface area (Å²) in [6.07, 6.45) is 6.70. The molecule has 2 N–H and O–H groups in total. The van der Waals surface area contributed by atoms with E-state index in [0.717, 1.165) is 19.4 Å². The highest BCUT2D eigenvalue weighted by molar-refractivity contribution is 5.89. The lowest BCUT2D eigenvalue weighted by Gasteiger charge is -2.20. The van der Waals surface area contributed by atoms with Crippen LogP contribution in [0.15, 0.2) is 31.0 Å². The smallest absolute Gasteiger partial charge is 0.319 e. The van der Waals surface area contributed by atoms with Gasteiger partial charge in [0.05, 0.1) is 24.0 Å². The second kappa shape index (κ2) is 6.52. The van der Waals surface area contributed by atoms with Gasteiger partial charge >= 0.3 is 6.03 Å².